The maximum absolute atomic E-state index is 13.7. The van der Waals surface area contributed by atoms with Gasteiger partial charge in [0, 0.05) is 43.4 Å². The predicted molar refractivity (Wildman–Crippen MR) is 132 cm³/mol. The molecular formula is C27H36N4O3. The highest BCUT2D eigenvalue weighted by molar-refractivity contribution is 5.99. The molecule has 182 valence electrons. The topological polar surface area (TPSA) is 84.3 Å². The number of pyridine rings is 2. The number of nitrogens with one attached hydrogen (secondary N) is 1. The zero-order valence-corrected chi connectivity index (χ0v) is 20.3. The number of aromatic nitrogens is 2. The summed E-state index contributed by atoms with van der Waals surface area (Å²) in [6.45, 7) is 4.54. The van der Waals surface area contributed by atoms with Gasteiger partial charge in [-0.2, -0.15) is 0 Å². The van der Waals surface area contributed by atoms with Crippen LogP contribution in [0.3, 0.4) is 0 Å². The van der Waals surface area contributed by atoms with Crippen molar-refractivity contribution in [3.63, 3.8) is 0 Å². The summed E-state index contributed by atoms with van der Waals surface area (Å²) in [5.41, 5.74) is 0.613. The Bertz CT molecular complexity index is 1060. The van der Waals surface area contributed by atoms with Crippen molar-refractivity contribution in [2.75, 3.05) is 6.54 Å². The third-order valence-corrected chi connectivity index (χ3v) is 7.14. The Kier molecular flexibility index (Phi) is 7.80. The third-order valence-electron chi connectivity index (χ3n) is 7.14. The number of amides is 2. The molecule has 2 amide bonds. The highest BCUT2D eigenvalue weighted by Crippen LogP contribution is 2.31. The number of carbonyl (C=O) groups is 2. The van der Waals surface area contributed by atoms with Gasteiger partial charge >= 0.3 is 0 Å². The highest BCUT2D eigenvalue weighted by atomic mass is 16.2. The minimum Gasteiger partial charge on any atom is -0.350 e. The molecule has 1 saturated heterocycles. The highest BCUT2D eigenvalue weighted by Gasteiger charge is 2.31. The molecule has 1 N–H and O–H groups in total. The monoisotopic (exact) mass is 464 g/mol. The Balaban J connectivity index is 1.66. The lowest BCUT2D eigenvalue weighted by Gasteiger charge is -2.36. The molecule has 2 fully saturated rings. The number of likely N-dealkylation sites (tertiary alicyclic amines) is 1. The molecule has 2 aliphatic rings. The van der Waals surface area contributed by atoms with Gasteiger partial charge in [-0.3, -0.25) is 19.4 Å². The molecule has 34 heavy (non-hydrogen) atoms. The first-order chi connectivity index (χ1) is 16.5. The minimum absolute atomic E-state index is 0.00653. The normalized spacial score (nSPS) is 19.6. The van der Waals surface area contributed by atoms with Gasteiger partial charge in [-0.25, -0.2) is 0 Å². The molecule has 7 nitrogen and oxygen atoms in total. The summed E-state index contributed by atoms with van der Waals surface area (Å²) in [6, 6.07) is 3.82. The zero-order valence-electron chi connectivity index (χ0n) is 20.3. The van der Waals surface area contributed by atoms with E-state index in [1.807, 2.05) is 26.0 Å². The van der Waals surface area contributed by atoms with E-state index in [2.05, 4.69) is 10.3 Å². The molecule has 0 unspecified atom stereocenters. The van der Waals surface area contributed by atoms with Crippen LogP contribution >= 0.6 is 0 Å². The van der Waals surface area contributed by atoms with Crippen LogP contribution in [0.4, 0.5) is 0 Å². The van der Waals surface area contributed by atoms with Crippen LogP contribution in [0.2, 0.25) is 0 Å². The summed E-state index contributed by atoms with van der Waals surface area (Å²) in [7, 11) is 0. The first-order valence-electron chi connectivity index (χ1n) is 12.7. The van der Waals surface area contributed by atoms with Gasteiger partial charge in [0.25, 0.3) is 11.8 Å². The number of carbonyl (C=O) groups excluding carboxylic acids is 2. The summed E-state index contributed by atoms with van der Waals surface area (Å²) in [5.74, 6) is -0.680. The van der Waals surface area contributed by atoms with Gasteiger partial charge in [0.05, 0.1) is 6.04 Å². The molecule has 4 rings (SSSR count). The molecular weight excluding hydrogens is 428 g/mol. The zero-order chi connectivity index (χ0) is 24.1. The van der Waals surface area contributed by atoms with E-state index < -0.39 is 5.43 Å². The Morgan fingerprint density at radius 3 is 2.38 bits per heavy atom. The van der Waals surface area contributed by atoms with Crippen LogP contribution in [0.1, 0.15) is 110 Å². The van der Waals surface area contributed by atoms with Crippen molar-refractivity contribution in [1.82, 2.24) is 19.8 Å². The number of nitrogens with zero attached hydrogens (tertiary/aromatic N) is 3. The molecule has 2 aromatic heterocycles. The average molecular weight is 465 g/mol. The van der Waals surface area contributed by atoms with Crippen LogP contribution in [0.15, 0.2) is 41.7 Å². The summed E-state index contributed by atoms with van der Waals surface area (Å²) >= 11 is 0. The molecule has 0 aromatic carbocycles. The Morgan fingerprint density at radius 1 is 1.00 bits per heavy atom. The van der Waals surface area contributed by atoms with Crippen LogP contribution < -0.4 is 10.7 Å². The number of rotatable bonds is 5. The van der Waals surface area contributed by atoms with Crippen molar-refractivity contribution >= 4 is 11.8 Å². The lowest BCUT2D eigenvalue weighted by Crippen LogP contribution is -2.43. The summed E-state index contributed by atoms with van der Waals surface area (Å²) in [4.78, 5) is 46.4. The average Bonchev–Trinajstić information content (AvgIpc) is 3.12. The van der Waals surface area contributed by atoms with Crippen molar-refractivity contribution in [3.05, 3.63) is 63.8 Å². The number of hydrogen-bond acceptors (Lipinski definition) is 4. The largest absolute Gasteiger partial charge is 0.350 e. The third kappa shape index (κ3) is 5.40. The second-order valence-electron chi connectivity index (χ2n) is 9.91. The van der Waals surface area contributed by atoms with Gasteiger partial charge in [-0.05, 0) is 57.6 Å². The lowest BCUT2D eigenvalue weighted by molar-refractivity contribution is 0.0608. The smallest absolute Gasteiger partial charge is 0.259 e. The fourth-order valence-electron chi connectivity index (χ4n) is 5.15. The molecule has 0 bridgehead atoms. The SMILES string of the molecule is CC(C)n1cc(C(=O)NC2CCCCCC2)c(=O)c(C(=O)N2CCCC[C@H]2c2cccnc2)c1. The Hall–Kier alpha value is -2.96. The first kappa shape index (κ1) is 24.2. The van der Waals surface area contributed by atoms with E-state index in [9.17, 15) is 14.4 Å². The van der Waals surface area contributed by atoms with Crippen LogP contribution in [0, 0.1) is 0 Å². The van der Waals surface area contributed by atoms with Gasteiger partial charge in [-0.1, -0.05) is 31.7 Å². The molecule has 0 radical (unpaired) electrons. The van der Waals surface area contributed by atoms with Crippen LogP contribution in [0.25, 0.3) is 0 Å². The van der Waals surface area contributed by atoms with Gasteiger partial charge in [0.15, 0.2) is 0 Å². The van der Waals surface area contributed by atoms with E-state index in [1.165, 1.54) is 12.8 Å². The van der Waals surface area contributed by atoms with E-state index in [1.54, 1.807) is 34.3 Å². The van der Waals surface area contributed by atoms with Crippen molar-refractivity contribution in [3.8, 4) is 0 Å². The first-order valence-corrected chi connectivity index (χ1v) is 12.7. The molecule has 1 saturated carbocycles. The number of piperidine rings is 1. The van der Waals surface area contributed by atoms with Gasteiger partial charge < -0.3 is 14.8 Å². The maximum atomic E-state index is 13.7. The maximum Gasteiger partial charge on any atom is 0.259 e. The lowest BCUT2D eigenvalue weighted by atomic mass is 9.95. The fraction of sp³-hybridized carbons (Fsp3) is 0.556. The van der Waals surface area contributed by atoms with Gasteiger partial charge in [-0.15, -0.1) is 0 Å². The molecule has 1 aliphatic heterocycles. The van der Waals surface area contributed by atoms with Crippen LogP contribution in [-0.4, -0.2) is 38.9 Å². The second kappa shape index (κ2) is 11.0. The van der Waals surface area contributed by atoms with E-state index >= 15 is 0 Å². The molecule has 2 aromatic rings. The minimum atomic E-state index is -0.483. The van der Waals surface area contributed by atoms with Crippen molar-refractivity contribution in [2.45, 2.75) is 89.8 Å². The van der Waals surface area contributed by atoms with Crippen molar-refractivity contribution in [2.24, 2.45) is 0 Å². The van der Waals surface area contributed by atoms with Crippen molar-refractivity contribution in [1.29, 1.82) is 0 Å². The van der Waals surface area contributed by atoms with E-state index in [4.69, 9.17) is 0 Å². The van der Waals surface area contributed by atoms with E-state index in [0.29, 0.717) is 6.54 Å². The predicted octanol–water partition coefficient (Wildman–Crippen LogP) is 4.64. The molecule has 7 heteroatoms. The molecule has 1 aliphatic carbocycles. The summed E-state index contributed by atoms with van der Waals surface area (Å²) < 4.78 is 1.81. The fourth-order valence-corrected chi connectivity index (χ4v) is 5.15. The summed E-state index contributed by atoms with van der Waals surface area (Å²) in [6.07, 6.45) is 15.9. The summed E-state index contributed by atoms with van der Waals surface area (Å²) in [5, 5.41) is 3.08. The molecule has 3 heterocycles. The standard InChI is InChI=1S/C27H36N4O3/c1-19(2)30-17-22(26(33)29-21-11-5-3-4-6-12-21)25(32)23(18-30)27(34)31-15-8-7-13-24(31)20-10-9-14-28-16-20/h9-10,14,16-19,21,24H,3-8,11-13,15H2,1-2H3,(H,29,33)/t24-/m0/s1. The molecule has 1 atom stereocenters. The van der Waals surface area contributed by atoms with Gasteiger partial charge in [0.1, 0.15) is 11.1 Å². The van der Waals surface area contributed by atoms with Crippen LogP contribution in [0.5, 0.6) is 0 Å². The Morgan fingerprint density at radius 2 is 1.71 bits per heavy atom. The second-order valence-corrected chi connectivity index (χ2v) is 9.91. The van der Waals surface area contributed by atoms with Gasteiger partial charge in [0.2, 0.25) is 5.43 Å². The van der Waals surface area contributed by atoms with Crippen molar-refractivity contribution < 1.29 is 9.59 Å². The Labute approximate surface area is 201 Å². The van der Waals surface area contributed by atoms with E-state index in [0.717, 1.165) is 50.5 Å². The molecule has 0 spiro atoms. The van der Waals surface area contributed by atoms with Crippen LogP contribution in [-0.2, 0) is 0 Å². The van der Waals surface area contributed by atoms with E-state index in [-0.39, 0.29) is 41.1 Å². The quantitative estimate of drug-likeness (QED) is 0.653. The number of hydrogen-bond donors (Lipinski definition) is 1.